The van der Waals surface area contributed by atoms with Crippen molar-refractivity contribution in [3.8, 4) is 0 Å². The summed E-state index contributed by atoms with van der Waals surface area (Å²) in [5.41, 5.74) is 0.242. The van der Waals surface area contributed by atoms with Crippen LogP contribution in [0.2, 0.25) is 0 Å². The van der Waals surface area contributed by atoms with Gasteiger partial charge < -0.3 is 14.2 Å². The fourth-order valence-corrected chi connectivity index (χ4v) is 5.34. The third-order valence-electron chi connectivity index (χ3n) is 8.79. The van der Waals surface area contributed by atoms with Gasteiger partial charge in [-0.1, -0.05) is 45.9 Å². The molecule has 2 fully saturated rings. The maximum Gasteiger partial charge on any atom is 0.338 e. The van der Waals surface area contributed by atoms with E-state index in [1.165, 1.54) is 0 Å². The van der Waals surface area contributed by atoms with Crippen LogP contribution >= 0.6 is 0 Å². The molecule has 0 aliphatic carbocycles. The van der Waals surface area contributed by atoms with Gasteiger partial charge in [0, 0.05) is 23.4 Å². The zero-order valence-corrected chi connectivity index (χ0v) is 20.5. The molecule has 0 N–H and O–H groups in total. The van der Waals surface area contributed by atoms with Crippen molar-refractivity contribution in [3.63, 3.8) is 0 Å². The fourth-order valence-electron chi connectivity index (χ4n) is 5.34. The number of benzene rings is 1. The molecule has 0 saturated carbocycles. The van der Waals surface area contributed by atoms with E-state index in [1.807, 2.05) is 18.2 Å². The molecule has 1 aromatic rings. The summed E-state index contributed by atoms with van der Waals surface area (Å²) in [6.45, 7) is 14.9. The van der Waals surface area contributed by atoms with Crippen molar-refractivity contribution in [1.82, 2.24) is 4.90 Å². The molecule has 2 heterocycles. The molecular weight excluding hydrogens is 390 g/mol. The number of carbonyl (C=O) groups excluding carboxylic acids is 1. The molecule has 2 aliphatic rings. The molecule has 1 aromatic carbocycles. The maximum absolute atomic E-state index is 12.5. The third kappa shape index (κ3) is 4.17. The maximum atomic E-state index is 12.5. The smallest absolute Gasteiger partial charge is 0.338 e. The van der Waals surface area contributed by atoms with Gasteiger partial charge in [-0.15, -0.1) is 0 Å². The van der Waals surface area contributed by atoms with Gasteiger partial charge in [0.2, 0.25) is 0 Å². The van der Waals surface area contributed by atoms with Crippen LogP contribution in [0.1, 0.15) is 77.6 Å². The van der Waals surface area contributed by atoms with Crippen LogP contribution in [0.5, 0.6) is 0 Å². The third-order valence-corrected chi connectivity index (χ3v) is 8.79. The van der Waals surface area contributed by atoms with E-state index in [-0.39, 0.29) is 28.4 Å². The highest BCUT2D eigenvalue weighted by atomic mass is 16.7. The first-order valence-electron chi connectivity index (χ1n) is 11.8. The fraction of sp³-hybridized carbons (Fsp3) is 0.731. The van der Waals surface area contributed by atoms with Gasteiger partial charge in [0.1, 0.15) is 6.61 Å². The topological polar surface area (TPSA) is 48.0 Å². The second-order valence-corrected chi connectivity index (χ2v) is 10.2. The molecular formula is C26H41NO4. The van der Waals surface area contributed by atoms with Crippen molar-refractivity contribution in [3.05, 3.63) is 35.9 Å². The van der Waals surface area contributed by atoms with Crippen LogP contribution in [0.15, 0.2) is 30.3 Å². The van der Waals surface area contributed by atoms with Gasteiger partial charge >= 0.3 is 5.97 Å². The Kier molecular flexibility index (Phi) is 6.90. The Bertz CT molecular complexity index is 758. The predicted octanol–water partition coefficient (Wildman–Crippen LogP) is 5.29. The Labute approximate surface area is 188 Å². The first-order valence-corrected chi connectivity index (χ1v) is 11.8. The molecule has 2 aliphatic heterocycles. The van der Waals surface area contributed by atoms with Crippen LogP contribution in [0.4, 0.5) is 0 Å². The monoisotopic (exact) mass is 431 g/mol. The predicted molar refractivity (Wildman–Crippen MR) is 123 cm³/mol. The number of hydrogen-bond donors (Lipinski definition) is 0. The lowest BCUT2D eigenvalue weighted by Gasteiger charge is -2.64. The van der Waals surface area contributed by atoms with Crippen molar-refractivity contribution < 1.29 is 19.0 Å². The van der Waals surface area contributed by atoms with E-state index in [0.717, 1.165) is 25.7 Å². The van der Waals surface area contributed by atoms with Gasteiger partial charge in [0.15, 0.2) is 5.79 Å². The number of nitrogens with zero attached hydrogens (tertiary/aromatic N) is 1. The summed E-state index contributed by atoms with van der Waals surface area (Å²) in [6.07, 6.45) is 3.74. The number of carbonyl (C=O) groups is 1. The van der Waals surface area contributed by atoms with Crippen LogP contribution in [0.3, 0.4) is 0 Å². The number of ether oxygens (including phenoxy) is 3. The summed E-state index contributed by atoms with van der Waals surface area (Å²) < 4.78 is 19.0. The SMILES string of the molecule is CCC1(COC(=O)c2ccccc2)COC2(CC(C)(CC)N(C)C(C)(CC)C2C)OC1. The largest absolute Gasteiger partial charge is 0.461 e. The number of hydrogen-bond acceptors (Lipinski definition) is 5. The van der Waals surface area contributed by atoms with Gasteiger partial charge in [-0.3, -0.25) is 4.90 Å². The van der Waals surface area contributed by atoms with Gasteiger partial charge in [-0.2, -0.15) is 0 Å². The highest BCUT2D eigenvalue weighted by Gasteiger charge is 2.61. The second kappa shape index (κ2) is 8.84. The Hall–Kier alpha value is -1.43. The lowest BCUT2D eigenvalue weighted by atomic mass is 9.65. The Morgan fingerprint density at radius 2 is 1.68 bits per heavy atom. The molecule has 3 atom stereocenters. The van der Waals surface area contributed by atoms with Crippen LogP contribution < -0.4 is 0 Å². The molecule has 3 rings (SSSR count). The minimum Gasteiger partial charge on any atom is -0.461 e. The number of rotatable bonds is 6. The summed E-state index contributed by atoms with van der Waals surface area (Å²) in [7, 11) is 2.25. The second-order valence-electron chi connectivity index (χ2n) is 10.2. The first-order chi connectivity index (χ1) is 14.6. The van der Waals surface area contributed by atoms with Crippen molar-refractivity contribution in [2.75, 3.05) is 26.9 Å². The number of likely N-dealkylation sites (tertiary alicyclic amines) is 1. The molecule has 31 heavy (non-hydrogen) atoms. The van der Waals surface area contributed by atoms with E-state index in [2.05, 4.69) is 53.5 Å². The molecule has 1 spiro atoms. The van der Waals surface area contributed by atoms with E-state index in [9.17, 15) is 4.79 Å². The first kappa shape index (κ1) is 24.2. The van der Waals surface area contributed by atoms with Crippen molar-refractivity contribution in [2.24, 2.45) is 11.3 Å². The summed E-state index contributed by atoms with van der Waals surface area (Å²) in [5, 5.41) is 0. The summed E-state index contributed by atoms with van der Waals surface area (Å²) in [5.74, 6) is -0.681. The summed E-state index contributed by atoms with van der Waals surface area (Å²) in [6, 6.07) is 9.14. The molecule has 174 valence electrons. The lowest BCUT2D eigenvalue weighted by molar-refractivity contribution is -0.369. The van der Waals surface area contributed by atoms with Crippen molar-refractivity contribution in [2.45, 2.75) is 84.1 Å². The van der Waals surface area contributed by atoms with Crippen LogP contribution in [-0.2, 0) is 14.2 Å². The summed E-state index contributed by atoms with van der Waals surface area (Å²) in [4.78, 5) is 15.0. The molecule has 5 heteroatoms. The van der Waals surface area contributed by atoms with E-state index >= 15 is 0 Å². The minimum absolute atomic E-state index is 0.00323. The van der Waals surface area contributed by atoms with Crippen LogP contribution in [0.25, 0.3) is 0 Å². The van der Waals surface area contributed by atoms with E-state index in [1.54, 1.807) is 12.1 Å². The lowest BCUT2D eigenvalue weighted by Crippen LogP contribution is -2.73. The Morgan fingerprint density at radius 1 is 1.06 bits per heavy atom. The zero-order valence-electron chi connectivity index (χ0n) is 20.5. The molecule has 0 radical (unpaired) electrons. The average Bonchev–Trinajstić information content (AvgIpc) is 2.81. The molecule has 0 bridgehead atoms. The van der Waals surface area contributed by atoms with E-state index < -0.39 is 5.79 Å². The van der Waals surface area contributed by atoms with Crippen LogP contribution in [-0.4, -0.2) is 54.6 Å². The summed E-state index contributed by atoms with van der Waals surface area (Å²) >= 11 is 0. The zero-order chi connectivity index (χ0) is 22.9. The number of esters is 1. The molecule has 5 nitrogen and oxygen atoms in total. The van der Waals surface area contributed by atoms with Gasteiger partial charge in [0.25, 0.3) is 0 Å². The van der Waals surface area contributed by atoms with Gasteiger partial charge in [0.05, 0.1) is 24.2 Å². The Morgan fingerprint density at radius 3 is 2.19 bits per heavy atom. The highest BCUT2D eigenvalue weighted by molar-refractivity contribution is 5.89. The highest BCUT2D eigenvalue weighted by Crippen LogP contribution is 2.53. The minimum atomic E-state index is -0.607. The van der Waals surface area contributed by atoms with Crippen molar-refractivity contribution in [1.29, 1.82) is 0 Å². The number of piperidine rings is 1. The molecule has 0 amide bonds. The van der Waals surface area contributed by atoms with Gasteiger partial charge in [-0.05, 0) is 52.3 Å². The van der Waals surface area contributed by atoms with E-state index in [4.69, 9.17) is 14.2 Å². The molecule has 2 saturated heterocycles. The van der Waals surface area contributed by atoms with Gasteiger partial charge in [-0.25, -0.2) is 4.79 Å². The molecule has 0 aromatic heterocycles. The van der Waals surface area contributed by atoms with Crippen LogP contribution in [0, 0.1) is 11.3 Å². The molecule has 3 unspecified atom stereocenters. The Balaban J connectivity index is 1.75. The quantitative estimate of drug-likeness (QED) is 0.573. The average molecular weight is 432 g/mol. The van der Waals surface area contributed by atoms with E-state index in [0.29, 0.717) is 25.4 Å². The normalized spacial score (nSPS) is 38.9. The van der Waals surface area contributed by atoms with Crippen molar-refractivity contribution >= 4 is 5.97 Å². The standard InChI is InChI=1S/C26H41NO4/c1-8-23(5)16-26(20(4)24(6,9-2)27(23)7)30-18-25(10-3,19-31-26)17-29-22(28)21-14-12-11-13-15-21/h11-15,20H,8-10,16-19H2,1-7H3.